The Kier molecular flexibility index (Phi) is 16.0. The molecule has 2 fully saturated rings. The van der Waals surface area contributed by atoms with Crippen molar-refractivity contribution in [3.8, 4) is 0 Å². The van der Waals surface area contributed by atoms with Crippen LogP contribution in [0.15, 0.2) is 34.9 Å². The Morgan fingerprint density at radius 3 is 2.18 bits per heavy atom. The molecule has 3 unspecified atom stereocenters. The van der Waals surface area contributed by atoms with Crippen LogP contribution in [0.25, 0.3) is 0 Å². The zero-order valence-corrected chi connectivity index (χ0v) is 25.9. The predicted molar refractivity (Wildman–Crippen MR) is 145 cm³/mol. The van der Waals surface area contributed by atoms with Crippen molar-refractivity contribution in [3.63, 3.8) is 0 Å². The normalized spacial score (nSPS) is 31.3. The number of rotatable bonds is 6. The standard InChI is InChI=1S/C30H46O2.3CO.Fe/c1-19(2)20(3)8-9-21(4)26-12-13-27-25-11-10-23-18-24(32-22(5)31)14-16-29(23,6)28(25)15-17-30(26,27)7;3*1-2;/h10-11,15,19-21,24,26-27H,8-9,12-14,16-18H2,1-7H3;;;;/t20?,21?,24?,26-,27+,29+,30-;;;;/m1..../s1. The molecular formula is C33H46FeO5. The van der Waals surface area contributed by atoms with Gasteiger partial charge in [0.2, 0.25) is 0 Å². The Hall–Kier alpha value is -1.57. The summed E-state index contributed by atoms with van der Waals surface area (Å²) < 4.78 is 28.1. The zero-order chi connectivity index (χ0) is 29.3. The van der Waals surface area contributed by atoms with E-state index in [1.165, 1.54) is 44.6 Å². The van der Waals surface area contributed by atoms with Crippen LogP contribution in [0.2, 0.25) is 0 Å². The smallest absolute Gasteiger partial charge is 0 e. The first-order valence-electron chi connectivity index (χ1n) is 14.0. The van der Waals surface area contributed by atoms with Gasteiger partial charge < -0.3 is 4.74 Å². The minimum absolute atomic E-state index is 0. The second-order valence-electron chi connectivity index (χ2n) is 12.5. The Morgan fingerprint density at radius 1 is 1.00 bits per heavy atom. The molecule has 216 valence electrons. The minimum atomic E-state index is -0.146. The molecule has 0 aromatic carbocycles. The van der Waals surface area contributed by atoms with Gasteiger partial charge in [0.1, 0.15) is 6.10 Å². The predicted octanol–water partition coefficient (Wildman–Crippen LogP) is 7.93. The fourth-order valence-corrected chi connectivity index (χ4v) is 7.71. The molecule has 0 amide bonds. The molecule has 7 atom stereocenters. The van der Waals surface area contributed by atoms with Crippen LogP contribution in [0.5, 0.6) is 0 Å². The van der Waals surface area contributed by atoms with Crippen LogP contribution >= 0.6 is 0 Å². The van der Waals surface area contributed by atoms with E-state index in [1.54, 1.807) is 11.1 Å². The molecule has 0 N–H and O–H groups in total. The van der Waals surface area contributed by atoms with Crippen LogP contribution < -0.4 is 0 Å². The molecule has 5 nitrogen and oxygen atoms in total. The minimum Gasteiger partial charge on any atom is 0 e. The second-order valence-corrected chi connectivity index (χ2v) is 12.5. The summed E-state index contributed by atoms with van der Waals surface area (Å²) in [6, 6.07) is 0. The number of hydrogen-bond acceptors (Lipinski definition) is 2. The molecule has 0 aliphatic heterocycles. The van der Waals surface area contributed by atoms with Gasteiger partial charge in [-0.1, -0.05) is 78.2 Å². The van der Waals surface area contributed by atoms with Crippen LogP contribution in [0, 0.1) is 60.4 Å². The van der Waals surface area contributed by atoms with E-state index in [2.05, 4.69) is 79.7 Å². The number of ether oxygens (including phenoxy) is 1. The first kappa shape index (κ1) is 37.4. The summed E-state index contributed by atoms with van der Waals surface area (Å²) in [4.78, 5) is 11.5. The number of allylic oxidation sites excluding steroid dienone is 5. The molecule has 0 heterocycles. The molecule has 0 radical (unpaired) electrons. The molecule has 0 bridgehead atoms. The first-order chi connectivity index (χ1) is 18.1. The summed E-state index contributed by atoms with van der Waals surface area (Å²) in [5.41, 5.74) is 5.27. The van der Waals surface area contributed by atoms with Gasteiger partial charge in [-0.25, -0.2) is 0 Å². The third-order valence-electron chi connectivity index (χ3n) is 10.3. The summed E-state index contributed by atoms with van der Waals surface area (Å²) in [5, 5.41) is 0. The second kappa shape index (κ2) is 16.6. The molecule has 4 aliphatic carbocycles. The van der Waals surface area contributed by atoms with Gasteiger partial charge in [0.05, 0.1) is 0 Å². The van der Waals surface area contributed by atoms with Crippen molar-refractivity contribution in [1.29, 1.82) is 0 Å². The Morgan fingerprint density at radius 2 is 1.62 bits per heavy atom. The molecule has 39 heavy (non-hydrogen) atoms. The molecule has 0 saturated heterocycles. The Labute approximate surface area is 247 Å². The molecule has 4 aliphatic rings. The van der Waals surface area contributed by atoms with Crippen molar-refractivity contribution in [2.24, 2.45) is 40.4 Å². The SMILES string of the molecule is CC(=O)OC1CC[C@@]2(C)C(=CC=C3C2=CC[C@]2(C)[C@@H](C(C)CCC(C)C(C)C)CC[C@@H]32)C1.[C-]#[O+].[C-]#[O+].[C-]#[O+].[Fe]. The maximum Gasteiger partial charge on any atom is 0 e. The van der Waals surface area contributed by atoms with E-state index in [9.17, 15) is 4.79 Å². The van der Waals surface area contributed by atoms with Gasteiger partial charge in [-0.3, -0.25) is 4.79 Å². The average molecular weight is 579 g/mol. The van der Waals surface area contributed by atoms with Crippen molar-refractivity contribution in [2.45, 2.75) is 106 Å². The largest absolute Gasteiger partial charge is 0 e. The number of esters is 1. The van der Waals surface area contributed by atoms with E-state index in [0.29, 0.717) is 11.3 Å². The van der Waals surface area contributed by atoms with Crippen molar-refractivity contribution in [3.05, 3.63) is 54.9 Å². The quantitative estimate of drug-likeness (QED) is 0.139. The van der Waals surface area contributed by atoms with E-state index in [1.807, 2.05) is 0 Å². The number of hydrogen-bond donors (Lipinski definition) is 0. The fourth-order valence-electron chi connectivity index (χ4n) is 7.71. The molecular weight excluding hydrogens is 532 g/mol. The molecule has 4 rings (SSSR count). The van der Waals surface area contributed by atoms with E-state index in [-0.39, 0.29) is 34.6 Å². The van der Waals surface area contributed by atoms with E-state index < -0.39 is 0 Å². The van der Waals surface area contributed by atoms with Crippen LogP contribution in [0.1, 0.15) is 99.8 Å². The summed E-state index contributed by atoms with van der Waals surface area (Å²) in [5.74, 6) is 3.83. The summed E-state index contributed by atoms with van der Waals surface area (Å²) in [6.07, 6.45) is 17.2. The van der Waals surface area contributed by atoms with E-state index in [0.717, 1.165) is 42.9 Å². The Bertz CT molecular complexity index is 956. The van der Waals surface area contributed by atoms with Crippen LogP contribution in [0.4, 0.5) is 0 Å². The molecule has 6 heteroatoms. The van der Waals surface area contributed by atoms with Crippen molar-refractivity contribution < 1.29 is 40.6 Å². The van der Waals surface area contributed by atoms with Gasteiger partial charge in [-0.05, 0) is 78.3 Å². The van der Waals surface area contributed by atoms with Crippen LogP contribution in [0.3, 0.4) is 0 Å². The Balaban J connectivity index is 0.00000193. The summed E-state index contributed by atoms with van der Waals surface area (Å²) >= 11 is 0. The van der Waals surface area contributed by atoms with Gasteiger partial charge in [0.15, 0.2) is 0 Å². The number of carbonyl (C=O) groups is 1. The van der Waals surface area contributed by atoms with Crippen molar-refractivity contribution in [2.75, 3.05) is 0 Å². The maximum atomic E-state index is 11.5. The topological polar surface area (TPSA) is 86.0 Å². The third-order valence-corrected chi connectivity index (χ3v) is 10.3. The number of carbonyl (C=O) groups excluding carboxylic acids is 1. The monoisotopic (exact) mass is 578 g/mol. The molecule has 0 aromatic rings. The van der Waals surface area contributed by atoms with Gasteiger partial charge in [0.25, 0.3) is 0 Å². The summed E-state index contributed by atoms with van der Waals surface area (Å²) in [6.45, 7) is 29.8. The zero-order valence-electron chi connectivity index (χ0n) is 24.7. The first-order valence-corrected chi connectivity index (χ1v) is 14.0. The van der Waals surface area contributed by atoms with Gasteiger partial charge in [-0.15, -0.1) is 0 Å². The molecule has 0 spiro atoms. The van der Waals surface area contributed by atoms with Gasteiger partial charge >= 0.3 is 39.9 Å². The molecule has 0 aromatic heterocycles. The van der Waals surface area contributed by atoms with E-state index in [4.69, 9.17) is 18.7 Å². The number of fused-ring (bicyclic) bond motifs is 5. The van der Waals surface area contributed by atoms with Crippen molar-refractivity contribution in [1.82, 2.24) is 0 Å². The van der Waals surface area contributed by atoms with Gasteiger partial charge in [0, 0.05) is 35.8 Å². The third kappa shape index (κ3) is 8.01. The molecule has 2 saturated carbocycles. The summed E-state index contributed by atoms with van der Waals surface area (Å²) in [7, 11) is 0. The maximum absolute atomic E-state index is 11.5. The fraction of sp³-hybridized carbons (Fsp3) is 0.697. The van der Waals surface area contributed by atoms with Crippen LogP contribution in [-0.2, 0) is 40.6 Å². The average Bonchev–Trinajstić information content (AvgIpc) is 3.27. The van der Waals surface area contributed by atoms with Crippen molar-refractivity contribution >= 4 is 5.97 Å². The van der Waals surface area contributed by atoms with E-state index >= 15 is 0 Å². The van der Waals surface area contributed by atoms with Crippen LogP contribution in [-0.4, -0.2) is 12.1 Å². The van der Waals surface area contributed by atoms with Gasteiger partial charge in [-0.2, -0.15) is 0 Å².